The van der Waals surface area contributed by atoms with Gasteiger partial charge in [0.15, 0.2) is 0 Å². The SMILES string of the molecule is COCC(C(=O)O)N1CCC(C(F)(F)F)CC1. The molecule has 1 N–H and O–H groups in total. The molecule has 0 aromatic carbocycles. The third kappa shape index (κ3) is 3.85. The topological polar surface area (TPSA) is 49.8 Å². The van der Waals surface area contributed by atoms with Crippen molar-refractivity contribution in [1.82, 2.24) is 4.90 Å². The van der Waals surface area contributed by atoms with Crippen LogP contribution in [-0.4, -0.2) is 55.0 Å². The molecule has 0 amide bonds. The Labute approximate surface area is 97.3 Å². The number of likely N-dealkylation sites (tertiary alicyclic amines) is 1. The van der Waals surface area contributed by atoms with E-state index in [9.17, 15) is 18.0 Å². The minimum atomic E-state index is -4.17. The summed E-state index contributed by atoms with van der Waals surface area (Å²) in [4.78, 5) is 12.5. The van der Waals surface area contributed by atoms with Gasteiger partial charge in [-0.15, -0.1) is 0 Å². The maximum Gasteiger partial charge on any atom is 0.391 e. The number of halogens is 3. The smallest absolute Gasteiger partial charge is 0.391 e. The first-order valence-electron chi connectivity index (χ1n) is 5.38. The Morgan fingerprint density at radius 1 is 1.47 bits per heavy atom. The quantitative estimate of drug-likeness (QED) is 0.824. The maximum absolute atomic E-state index is 12.4. The van der Waals surface area contributed by atoms with Crippen LogP contribution in [0.15, 0.2) is 0 Å². The van der Waals surface area contributed by atoms with Gasteiger partial charge in [-0.2, -0.15) is 13.2 Å². The first kappa shape index (κ1) is 14.2. The molecule has 0 radical (unpaired) electrons. The fourth-order valence-electron chi connectivity index (χ4n) is 2.03. The Hall–Kier alpha value is -0.820. The summed E-state index contributed by atoms with van der Waals surface area (Å²) in [7, 11) is 1.37. The maximum atomic E-state index is 12.4. The van der Waals surface area contributed by atoms with Crippen molar-refractivity contribution in [2.75, 3.05) is 26.8 Å². The summed E-state index contributed by atoms with van der Waals surface area (Å²) in [5.41, 5.74) is 0. The van der Waals surface area contributed by atoms with Crippen molar-refractivity contribution in [3.63, 3.8) is 0 Å². The standard InChI is InChI=1S/C10H16F3NO3/c1-17-6-8(9(15)16)14-4-2-7(3-5-14)10(11,12)13/h7-8H,2-6H2,1H3,(H,15,16). The first-order chi connectivity index (χ1) is 7.86. The van der Waals surface area contributed by atoms with Gasteiger partial charge >= 0.3 is 12.1 Å². The molecule has 1 fully saturated rings. The van der Waals surface area contributed by atoms with Gasteiger partial charge < -0.3 is 9.84 Å². The minimum Gasteiger partial charge on any atom is -0.480 e. The molecule has 7 heteroatoms. The van der Waals surface area contributed by atoms with Crippen LogP contribution in [0.3, 0.4) is 0 Å². The highest BCUT2D eigenvalue weighted by Gasteiger charge is 2.42. The van der Waals surface area contributed by atoms with Crippen molar-refractivity contribution in [1.29, 1.82) is 0 Å². The van der Waals surface area contributed by atoms with Crippen LogP contribution in [0, 0.1) is 5.92 Å². The molecule has 1 aliphatic rings. The van der Waals surface area contributed by atoms with Gasteiger partial charge in [0.25, 0.3) is 0 Å². The normalized spacial score (nSPS) is 21.4. The number of carbonyl (C=O) groups is 1. The van der Waals surface area contributed by atoms with Gasteiger partial charge in [0.05, 0.1) is 12.5 Å². The highest BCUT2D eigenvalue weighted by atomic mass is 19.4. The summed E-state index contributed by atoms with van der Waals surface area (Å²) in [5, 5.41) is 8.94. The van der Waals surface area contributed by atoms with E-state index >= 15 is 0 Å². The van der Waals surface area contributed by atoms with Gasteiger partial charge in [-0.3, -0.25) is 9.69 Å². The predicted molar refractivity (Wildman–Crippen MR) is 53.7 cm³/mol. The molecular formula is C10H16F3NO3. The second-order valence-electron chi connectivity index (χ2n) is 4.16. The Morgan fingerprint density at radius 3 is 2.35 bits per heavy atom. The van der Waals surface area contributed by atoms with Crippen LogP contribution in [0.5, 0.6) is 0 Å². The van der Waals surface area contributed by atoms with Crippen molar-refractivity contribution < 1.29 is 27.8 Å². The number of rotatable bonds is 4. The average molecular weight is 255 g/mol. The first-order valence-corrected chi connectivity index (χ1v) is 5.38. The number of hydrogen-bond donors (Lipinski definition) is 1. The number of carboxylic acid groups (broad SMARTS) is 1. The second kappa shape index (κ2) is 5.68. The molecule has 1 unspecified atom stereocenters. The van der Waals surface area contributed by atoms with Crippen molar-refractivity contribution in [2.24, 2.45) is 5.92 Å². The summed E-state index contributed by atoms with van der Waals surface area (Å²) < 4.78 is 42.0. The largest absolute Gasteiger partial charge is 0.480 e. The lowest BCUT2D eigenvalue weighted by Gasteiger charge is -2.35. The molecule has 0 aliphatic carbocycles. The lowest BCUT2D eigenvalue weighted by atomic mass is 9.95. The molecule has 0 aromatic rings. The van der Waals surface area contributed by atoms with Crippen LogP contribution in [-0.2, 0) is 9.53 Å². The Balaban J connectivity index is 2.52. The molecule has 1 atom stereocenters. The highest BCUT2D eigenvalue weighted by Crippen LogP contribution is 2.34. The van der Waals surface area contributed by atoms with Crippen LogP contribution >= 0.6 is 0 Å². The van der Waals surface area contributed by atoms with Crippen molar-refractivity contribution in [3.8, 4) is 0 Å². The Morgan fingerprint density at radius 2 is 2.00 bits per heavy atom. The molecule has 0 spiro atoms. The fraction of sp³-hybridized carbons (Fsp3) is 0.900. The van der Waals surface area contributed by atoms with Crippen molar-refractivity contribution in [2.45, 2.75) is 25.1 Å². The summed E-state index contributed by atoms with van der Waals surface area (Å²) in [6.07, 6.45) is -4.26. The average Bonchev–Trinajstić information content (AvgIpc) is 2.24. The molecular weight excluding hydrogens is 239 g/mol. The number of aliphatic carboxylic acids is 1. The molecule has 1 aliphatic heterocycles. The van der Waals surface area contributed by atoms with Crippen molar-refractivity contribution in [3.05, 3.63) is 0 Å². The van der Waals surface area contributed by atoms with Gasteiger partial charge in [-0.25, -0.2) is 0 Å². The van der Waals surface area contributed by atoms with E-state index in [2.05, 4.69) is 0 Å². The molecule has 0 bridgehead atoms. The van der Waals surface area contributed by atoms with Gasteiger partial charge in [-0.05, 0) is 25.9 Å². The van der Waals surface area contributed by atoms with Crippen LogP contribution in [0.25, 0.3) is 0 Å². The van der Waals surface area contributed by atoms with E-state index in [4.69, 9.17) is 9.84 Å². The van der Waals surface area contributed by atoms with E-state index in [1.165, 1.54) is 12.0 Å². The fourth-order valence-corrected chi connectivity index (χ4v) is 2.03. The van der Waals surface area contributed by atoms with Crippen LogP contribution in [0.2, 0.25) is 0 Å². The lowest BCUT2D eigenvalue weighted by molar-refractivity contribution is -0.187. The number of nitrogens with zero attached hydrogens (tertiary/aromatic N) is 1. The number of piperidine rings is 1. The number of hydrogen-bond acceptors (Lipinski definition) is 3. The van der Waals surface area contributed by atoms with Crippen LogP contribution in [0.4, 0.5) is 13.2 Å². The van der Waals surface area contributed by atoms with E-state index in [-0.39, 0.29) is 32.5 Å². The molecule has 1 heterocycles. The number of carboxylic acids is 1. The van der Waals surface area contributed by atoms with Gasteiger partial charge in [-0.1, -0.05) is 0 Å². The summed E-state index contributed by atoms with van der Waals surface area (Å²) in [6.45, 7) is 0.279. The Bertz CT molecular complexity index is 262. The molecule has 4 nitrogen and oxygen atoms in total. The molecule has 17 heavy (non-hydrogen) atoms. The van der Waals surface area contributed by atoms with E-state index in [0.29, 0.717) is 0 Å². The molecule has 0 aromatic heterocycles. The van der Waals surface area contributed by atoms with Gasteiger partial charge in [0.2, 0.25) is 0 Å². The molecule has 0 saturated carbocycles. The zero-order chi connectivity index (χ0) is 13.1. The number of methoxy groups -OCH3 is 1. The minimum absolute atomic E-state index is 0.00792. The third-order valence-electron chi connectivity index (χ3n) is 3.04. The highest BCUT2D eigenvalue weighted by molar-refractivity contribution is 5.73. The summed E-state index contributed by atoms with van der Waals surface area (Å²) in [5.74, 6) is -2.37. The summed E-state index contributed by atoms with van der Waals surface area (Å²) >= 11 is 0. The monoisotopic (exact) mass is 255 g/mol. The second-order valence-corrected chi connectivity index (χ2v) is 4.16. The van der Waals surface area contributed by atoms with E-state index in [0.717, 1.165) is 0 Å². The van der Waals surface area contributed by atoms with E-state index in [1.54, 1.807) is 0 Å². The van der Waals surface area contributed by atoms with Crippen LogP contribution < -0.4 is 0 Å². The number of alkyl halides is 3. The van der Waals surface area contributed by atoms with Gasteiger partial charge in [0.1, 0.15) is 6.04 Å². The third-order valence-corrected chi connectivity index (χ3v) is 3.04. The number of ether oxygens (including phenoxy) is 1. The van der Waals surface area contributed by atoms with E-state index in [1.807, 2.05) is 0 Å². The van der Waals surface area contributed by atoms with Crippen molar-refractivity contribution >= 4 is 5.97 Å². The molecule has 1 rings (SSSR count). The predicted octanol–water partition coefficient (Wildman–Crippen LogP) is 1.36. The zero-order valence-electron chi connectivity index (χ0n) is 9.54. The zero-order valence-corrected chi connectivity index (χ0v) is 9.54. The van der Waals surface area contributed by atoms with E-state index < -0.39 is 24.1 Å². The lowest BCUT2D eigenvalue weighted by Crippen LogP contribution is -2.49. The van der Waals surface area contributed by atoms with Crippen LogP contribution in [0.1, 0.15) is 12.8 Å². The summed E-state index contributed by atoms with van der Waals surface area (Å²) in [6, 6.07) is -0.853. The molecule has 1 saturated heterocycles. The van der Waals surface area contributed by atoms with Gasteiger partial charge in [0, 0.05) is 7.11 Å². The molecule has 100 valence electrons. The Kier molecular flexibility index (Phi) is 4.76.